The largest absolute Gasteiger partial charge is 0.273 e. The summed E-state index contributed by atoms with van der Waals surface area (Å²) in [6, 6.07) is 5.80. The summed E-state index contributed by atoms with van der Waals surface area (Å²) in [7, 11) is 0. The van der Waals surface area contributed by atoms with Gasteiger partial charge in [-0.2, -0.15) is 10.4 Å². The topological polar surface area (TPSA) is 59.4 Å². The molecule has 0 aliphatic carbocycles. The molecule has 0 saturated heterocycles. The zero-order chi connectivity index (χ0) is 11.4. The van der Waals surface area contributed by atoms with E-state index in [0.717, 1.165) is 5.69 Å². The Kier molecular flexibility index (Phi) is 3.08. The van der Waals surface area contributed by atoms with Gasteiger partial charge in [-0.1, -0.05) is 0 Å². The highest BCUT2D eigenvalue weighted by atomic mass is 32.1. The molecular weight excluding hydrogens is 222 g/mol. The molecule has 0 fully saturated rings. The van der Waals surface area contributed by atoms with E-state index in [2.05, 4.69) is 16.2 Å². The Labute approximate surface area is 97.6 Å². The van der Waals surface area contributed by atoms with E-state index in [1.54, 1.807) is 28.0 Å². The minimum absolute atomic E-state index is 0.401. The minimum Gasteiger partial charge on any atom is -0.273 e. The second kappa shape index (κ2) is 4.68. The number of rotatable bonds is 3. The van der Waals surface area contributed by atoms with Crippen LogP contribution in [0.2, 0.25) is 0 Å². The number of nitriles is 1. The molecule has 2 aromatic heterocycles. The lowest BCUT2D eigenvalue weighted by Gasteiger charge is -1.99. The van der Waals surface area contributed by atoms with E-state index in [-0.39, 0.29) is 0 Å². The van der Waals surface area contributed by atoms with Gasteiger partial charge in [-0.25, -0.2) is 4.68 Å². The molecule has 6 heteroatoms. The molecule has 2 aromatic rings. The van der Waals surface area contributed by atoms with Crippen molar-refractivity contribution >= 4 is 12.2 Å². The second-order valence-electron chi connectivity index (χ2n) is 3.13. The van der Waals surface area contributed by atoms with Gasteiger partial charge in [0.05, 0.1) is 30.9 Å². The maximum absolute atomic E-state index is 8.50. The molecule has 0 atom stereocenters. The molecule has 0 aliphatic heterocycles. The number of hydrogen-bond acceptors (Lipinski definition) is 4. The molecule has 2 rings (SSSR count). The van der Waals surface area contributed by atoms with Crippen LogP contribution in [0.25, 0.3) is 5.69 Å². The van der Waals surface area contributed by atoms with Crippen molar-refractivity contribution in [2.45, 2.75) is 13.0 Å². The van der Waals surface area contributed by atoms with Crippen molar-refractivity contribution in [3.05, 3.63) is 35.6 Å². The molecule has 5 nitrogen and oxygen atoms in total. The summed E-state index contributed by atoms with van der Waals surface area (Å²) in [5.41, 5.74) is 0.871. The van der Waals surface area contributed by atoms with Gasteiger partial charge in [0, 0.05) is 6.20 Å². The van der Waals surface area contributed by atoms with Gasteiger partial charge < -0.3 is 0 Å². The lowest BCUT2D eigenvalue weighted by atomic mass is 10.4. The quantitative estimate of drug-likeness (QED) is 0.754. The highest BCUT2D eigenvalue weighted by molar-refractivity contribution is 7.71. The summed E-state index contributed by atoms with van der Waals surface area (Å²) in [6.07, 6.45) is 5.45. The van der Waals surface area contributed by atoms with Crippen LogP contribution >= 0.6 is 12.2 Å². The van der Waals surface area contributed by atoms with Crippen molar-refractivity contribution in [3.8, 4) is 11.8 Å². The molecule has 0 aliphatic rings. The van der Waals surface area contributed by atoms with Crippen LogP contribution in [0.4, 0.5) is 0 Å². The molecule has 16 heavy (non-hydrogen) atoms. The highest BCUT2D eigenvalue weighted by Gasteiger charge is 2.02. The Morgan fingerprint density at radius 1 is 1.50 bits per heavy atom. The Bertz CT molecular complexity index is 563. The van der Waals surface area contributed by atoms with Crippen molar-refractivity contribution in [2.75, 3.05) is 0 Å². The van der Waals surface area contributed by atoms with E-state index in [4.69, 9.17) is 17.5 Å². The Hall–Kier alpha value is -2.00. The van der Waals surface area contributed by atoms with Crippen LogP contribution in [-0.2, 0) is 6.54 Å². The number of aromatic nitrogens is 4. The second-order valence-corrected chi connectivity index (χ2v) is 3.49. The lowest BCUT2D eigenvalue weighted by molar-refractivity contribution is 0.615. The summed E-state index contributed by atoms with van der Waals surface area (Å²) in [6.45, 7) is 0.516. The maximum atomic E-state index is 8.50. The molecular formula is C10H9N5S. The van der Waals surface area contributed by atoms with E-state index in [0.29, 0.717) is 17.7 Å². The van der Waals surface area contributed by atoms with Crippen LogP contribution in [0.15, 0.2) is 30.9 Å². The number of pyridine rings is 1. The van der Waals surface area contributed by atoms with Crippen molar-refractivity contribution < 1.29 is 0 Å². The number of hydrogen-bond donors (Lipinski definition) is 0. The normalized spacial score (nSPS) is 9.94. The Balaban J connectivity index is 2.35. The average molecular weight is 231 g/mol. The molecule has 0 N–H and O–H groups in total. The molecule has 0 aromatic carbocycles. The van der Waals surface area contributed by atoms with Crippen molar-refractivity contribution in [1.82, 2.24) is 19.3 Å². The molecule has 0 saturated carbocycles. The predicted molar refractivity (Wildman–Crippen MR) is 60.4 cm³/mol. The first-order valence-electron chi connectivity index (χ1n) is 4.75. The Morgan fingerprint density at radius 2 is 2.38 bits per heavy atom. The van der Waals surface area contributed by atoms with Gasteiger partial charge in [-0.05, 0) is 24.4 Å². The molecule has 0 spiro atoms. The lowest BCUT2D eigenvalue weighted by Crippen LogP contribution is -2.01. The van der Waals surface area contributed by atoms with Gasteiger partial charge in [-0.3, -0.25) is 9.55 Å². The first-order valence-corrected chi connectivity index (χ1v) is 5.15. The van der Waals surface area contributed by atoms with Gasteiger partial charge in [0.15, 0.2) is 0 Å². The highest BCUT2D eigenvalue weighted by Crippen LogP contribution is 2.06. The third-order valence-electron chi connectivity index (χ3n) is 2.09. The van der Waals surface area contributed by atoms with E-state index < -0.39 is 0 Å². The summed E-state index contributed by atoms with van der Waals surface area (Å²) in [4.78, 5) is 4.02. The standard InChI is InChI=1S/C10H9N5S/c11-4-2-6-15-10(16)14(8-13-15)9-3-1-5-12-7-9/h1,3,5,7-8H,2,6H2. The Morgan fingerprint density at radius 3 is 3.06 bits per heavy atom. The van der Waals surface area contributed by atoms with Crippen molar-refractivity contribution in [3.63, 3.8) is 0 Å². The van der Waals surface area contributed by atoms with E-state index in [1.807, 2.05) is 12.1 Å². The third-order valence-corrected chi connectivity index (χ3v) is 2.50. The first kappa shape index (κ1) is 10.5. The summed E-state index contributed by atoms with van der Waals surface area (Å²) < 4.78 is 3.97. The predicted octanol–water partition coefficient (Wildman–Crippen LogP) is 1.71. The third kappa shape index (κ3) is 1.99. The van der Waals surface area contributed by atoms with Gasteiger partial charge in [-0.15, -0.1) is 0 Å². The zero-order valence-electron chi connectivity index (χ0n) is 8.45. The molecule has 80 valence electrons. The van der Waals surface area contributed by atoms with Gasteiger partial charge in [0.25, 0.3) is 0 Å². The smallest absolute Gasteiger partial charge is 0.202 e. The fourth-order valence-corrected chi connectivity index (χ4v) is 1.61. The van der Waals surface area contributed by atoms with E-state index in [1.165, 1.54) is 0 Å². The monoisotopic (exact) mass is 231 g/mol. The fourth-order valence-electron chi connectivity index (χ4n) is 1.32. The molecule has 2 heterocycles. The van der Waals surface area contributed by atoms with Crippen LogP contribution in [0.3, 0.4) is 0 Å². The molecule has 0 radical (unpaired) electrons. The van der Waals surface area contributed by atoms with Gasteiger partial charge in [0.1, 0.15) is 6.33 Å². The maximum Gasteiger partial charge on any atom is 0.202 e. The van der Waals surface area contributed by atoms with Crippen molar-refractivity contribution in [1.29, 1.82) is 5.26 Å². The summed E-state index contributed by atoms with van der Waals surface area (Å²) in [5, 5.41) is 12.6. The molecule has 0 unspecified atom stereocenters. The number of nitrogens with zero attached hydrogens (tertiary/aromatic N) is 5. The zero-order valence-corrected chi connectivity index (χ0v) is 9.26. The fraction of sp³-hybridized carbons (Fsp3) is 0.200. The average Bonchev–Trinajstić information content (AvgIpc) is 2.69. The summed E-state index contributed by atoms with van der Waals surface area (Å²) >= 11 is 5.25. The van der Waals surface area contributed by atoms with Crippen molar-refractivity contribution in [2.24, 2.45) is 0 Å². The van der Waals surface area contributed by atoms with Crippen LogP contribution < -0.4 is 0 Å². The van der Waals surface area contributed by atoms with Crippen LogP contribution in [0, 0.1) is 16.1 Å². The van der Waals surface area contributed by atoms with E-state index >= 15 is 0 Å². The van der Waals surface area contributed by atoms with Gasteiger partial charge in [0.2, 0.25) is 4.77 Å². The minimum atomic E-state index is 0.401. The van der Waals surface area contributed by atoms with Crippen LogP contribution in [0.1, 0.15) is 6.42 Å². The van der Waals surface area contributed by atoms with E-state index in [9.17, 15) is 0 Å². The van der Waals surface area contributed by atoms with Gasteiger partial charge >= 0.3 is 0 Å². The molecule has 0 amide bonds. The molecule has 0 bridgehead atoms. The van der Waals surface area contributed by atoms with Crippen LogP contribution in [-0.4, -0.2) is 19.3 Å². The number of aryl methyl sites for hydroxylation is 1. The van der Waals surface area contributed by atoms with Crippen LogP contribution in [0.5, 0.6) is 0 Å². The first-order chi connectivity index (χ1) is 7.83. The SMILES string of the molecule is N#CCCn1ncn(-c2cccnc2)c1=S. The summed E-state index contributed by atoms with van der Waals surface area (Å²) in [5.74, 6) is 0.